The first-order valence-corrected chi connectivity index (χ1v) is 7.64. The average Bonchev–Trinajstić information content (AvgIpc) is 2.80. The van der Waals surface area contributed by atoms with Crippen LogP contribution in [0, 0.1) is 0 Å². The lowest BCUT2D eigenvalue weighted by molar-refractivity contribution is 0.0697. The third kappa shape index (κ3) is 2.41. The number of benzene rings is 1. The first-order valence-electron chi connectivity index (χ1n) is 4.87. The van der Waals surface area contributed by atoms with Gasteiger partial charge >= 0.3 is 5.97 Å². The van der Waals surface area contributed by atoms with E-state index < -0.39 is 15.8 Å². The summed E-state index contributed by atoms with van der Waals surface area (Å²) in [7, 11) is -3.42. The lowest BCUT2D eigenvalue weighted by Gasteiger charge is -2.05. The zero-order valence-electron chi connectivity index (χ0n) is 9.32. The third-order valence-electron chi connectivity index (χ3n) is 2.31. The lowest BCUT2D eigenvalue weighted by atomic mass is 10.1. The molecule has 0 saturated carbocycles. The molecule has 7 heteroatoms. The molecule has 94 valence electrons. The number of carbonyl (C=O) groups is 1. The SMILES string of the molecule is CS(=O)(=O)c1ccc(-c2nccs2)c(C(=O)O)c1. The average molecular weight is 283 g/mol. The van der Waals surface area contributed by atoms with Crippen molar-refractivity contribution in [1.29, 1.82) is 0 Å². The molecule has 0 aliphatic rings. The number of nitrogens with zero attached hydrogens (tertiary/aromatic N) is 1. The van der Waals surface area contributed by atoms with E-state index in [2.05, 4.69) is 4.98 Å². The summed E-state index contributed by atoms with van der Waals surface area (Å²) in [6.07, 6.45) is 2.60. The largest absolute Gasteiger partial charge is 0.478 e. The second kappa shape index (κ2) is 4.51. The van der Waals surface area contributed by atoms with Crippen molar-refractivity contribution in [3.8, 4) is 10.6 Å². The van der Waals surface area contributed by atoms with Gasteiger partial charge in [0.05, 0.1) is 10.5 Å². The van der Waals surface area contributed by atoms with Gasteiger partial charge in [0.2, 0.25) is 0 Å². The van der Waals surface area contributed by atoms with Gasteiger partial charge in [0.25, 0.3) is 0 Å². The fourth-order valence-electron chi connectivity index (χ4n) is 1.47. The Morgan fingerprint density at radius 2 is 2.11 bits per heavy atom. The summed E-state index contributed by atoms with van der Waals surface area (Å²) in [6.45, 7) is 0. The molecule has 2 rings (SSSR count). The molecule has 0 bridgehead atoms. The van der Waals surface area contributed by atoms with Crippen molar-refractivity contribution < 1.29 is 18.3 Å². The molecule has 0 aliphatic heterocycles. The molecule has 0 saturated heterocycles. The molecular weight excluding hydrogens is 274 g/mol. The molecule has 0 radical (unpaired) electrons. The number of hydrogen-bond acceptors (Lipinski definition) is 5. The molecular formula is C11H9NO4S2. The van der Waals surface area contributed by atoms with E-state index in [1.54, 1.807) is 11.6 Å². The predicted molar refractivity (Wildman–Crippen MR) is 67.6 cm³/mol. The van der Waals surface area contributed by atoms with E-state index in [1.807, 2.05) is 0 Å². The molecule has 0 atom stereocenters. The van der Waals surface area contributed by atoms with Crippen LogP contribution < -0.4 is 0 Å². The fourth-order valence-corrected chi connectivity index (χ4v) is 2.80. The molecule has 1 aromatic heterocycles. The van der Waals surface area contributed by atoms with Crippen molar-refractivity contribution in [3.05, 3.63) is 35.3 Å². The van der Waals surface area contributed by atoms with Crippen LogP contribution in [0.2, 0.25) is 0 Å². The second-order valence-corrected chi connectivity index (χ2v) is 6.53. The van der Waals surface area contributed by atoms with Gasteiger partial charge in [0, 0.05) is 23.4 Å². The van der Waals surface area contributed by atoms with E-state index in [9.17, 15) is 13.2 Å². The normalized spacial score (nSPS) is 11.4. The first-order chi connectivity index (χ1) is 8.39. The maximum absolute atomic E-state index is 11.4. The topological polar surface area (TPSA) is 84.3 Å². The molecule has 0 aliphatic carbocycles. The van der Waals surface area contributed by atoms with Crippen LogP contribution in [0.4, 0.5) is 0 Å². The van der Waals surface area contributed by atoms with Crippen molar-refractivity contribution in [3.63, 3.8) is 0 Å². The van der Waals surface area contributed by atoms with Gasteiger partial charge in [-0.1, -0.05) is 0 Å². The van der Waals surface area contributed by atoms with Gasteiger partial charge in [-0.25, -0.2) is 18.2 Å². The zero-order valence-corrected chi connectivity index (χ0v) is 11.0. The summed E-state index contributed by atoms with van der Waals surface area (Å²) in [4.78, 5) is 15.2. The van der Waals surface area contributed by atoms with E-state index in [-0.39, 0.29) is 10.5 Å². The number of hydrogen-bond donors (Lipinski definition) is 1. The summed E-state index contributed by atoms with van der Waals surface area (Å²) in [5.74, 6) is -1.18. The Hall–Kier alpha value is -1.73. The third-order valence-corrected chi connectivity index (χ3v) is 4.23. The summed E-state index contributed by atoms with van der Waals surface area (Å²) >= 11 is 1.30. The van der Waals surface area contributed by atoms with E-state index in [0.717, 1.165) is 12.3 Å². The van der Waals surface area contributed by atoms with Crippen molar-refractivity contribution in [2.75, 3.05) is 6.26 Å². The van der Waals surface area contributed by atoms with Gasteiger partial charge in [-0.3, -0.25) is 0 Å². The van der Waals surface area contributed by atoms with Crippen LogP contribution in [0.5, 0.6) is 0 Å². The molecule has 1 heterocycles. The smallest absolute Gasteiger partial charge is 0.336 e. The van der Waals surface area contributed by atoms with Crippen LogP contribution in [0.15, 0.2) is 34.7 Å². The number of sulfone groups is 1. The maximum Gasteiger partial charge on any atom is 0.336 e. The highest BCUT2D eigenvalue weighted by Crippen LogP contribution is 2.27. The molecule has 18 heavy (non-hydrogen) atoms. The predicted octanol–water partition coefficient (Wildman–Crippen LogP) is 1.91. The van der Waals surface area contributed by atoms with E-state index in [4.69, 9.17) is 5.11 Å². The minimum Gasteiger partial charge on any atom is -0.478 e. The molecule has 1 N–H and O–H groups in total. The second-order valence-electron chi connectivity index (χ2n) is 3.62. The quantitative estimate of drug-likeness (QED) is 0.930. The van der Waals surface area contributed by atoms with Gasteiger partial charge in [-0.15, -0.1) is 11.3 Å². The first kappa shape index (κ1) is 12.7. The number of carboxylic acid groups (broad SMARTS) is 1. The van der Waals surface area contributed by atoms with Crippen molar-refractivity contribution in [2.24, 2.45) is 0 Å². The summed E-state index contributed by atoms with van der Waals surface area (Å²) in [5, 5.41) is 11.4. The molecule has 2 aromatic rings. The number of aromatic carboxylic acids is 1. The van der Waals surface area contributed by atoms with Crippen molar-refractivity contribution >= 4 is 27.1 Å². The van der Waals surface area contributed by atoms with Crippen LogP contribution in [-0.4, -0.2) is 30.7 Å². The Morgan fingerprint density at radius 1 is 1.39 bits per heavy atom. The van der Waals surface area contributed by atoms with E-state index >= 15 is 0 Å². The summed E-state index contributed by atoms with van der Waals surface area (Å²) < 4.78 is 22.8. The van der Waals surface area contributed by atoms with Crippen LogP contribution in [0.3, 0.4) is 0 Å². The van der Waals surface area contributed by atoms with Gasteiger partial charge in [-0.05, 0) is 18.2 Å². The molecule has 0 fully saturated rings. The molecule has 0 amide bonds. The van der Waals surface area contributed by atoms with Crippen molar-refractivity contribution in [2.45, 2.75) is 4.90 Å². The zero-order chi connectivity index (χ0) is 13.3. The highest BCUT2D eigenvalue weighted by atomic mass is 32.2. The summed E-state index contributed by atoms with van der Waals surface area (Å²) in [6, 6.07) is 4.02. The van der Waals surface area contributed by atoms with Crippen LogP contribution in [0.25, 0.3) is 10.6 Å². The molecule has 0 spiro atoms. The molecule has 0 unspecified atom stereocenters. The maximum atomic E-state index is 11.4. The molecule has 1 aromatic carbocycles. The lowest BCUT2D eigenvalue weighted by Crippen LogP contribution is -2.04. The number of carboxylic acids is 1. The standard InChI is InChI=1S/C11H9NO4S2/c1-18(15,16)7-2-3-8(9(6-7)11(13)14)10-12-4-5-17-10/h2-6H,1H3,(H,13,14). The van der Waals surface area contributed by atoms with Gasteiger partial charge < -0.3 is 5.11 Å². The fraction of sp³-hybridized carbons (Fsp3) is 0.0909. The highest BCUT2D eigenvalue weighted by Gasteiger charge is 2.17. The minimum absolute atomic E-state index is 0.0137. The van der Waals surface area contributed by atoms with Crippen molar-refractivity contribution in [1.82, 2.24) is 4.98 Å². The minimum atomic E-state index is -3.42. The Labute approximate surface area is 108 Å². The highest BCUT2D eigenvalue weighted by molar-refractivity contribution is 7.90. The van der Waals surface area contributed by atoms with Gasteiger partial charge in [0.15, 0.2) is 9.84 Å². The van der Waals surface area contributed by atoms with Crippen LogP contribution in [-0.2, 0) is 9.84 Å². The number of thiazole rings is 1. The van der Waals surface area contributed by atoms with Gasteiger partial charge in [0.1, 0.15) is 5.01 Å². The van der Waals surface area contributed by atoms with E-state index in [1.165, 1.54) is 23.5 Å². The Kier molecular flexibility index (Phi) is 3.18. The Balaban J connectivity index is 2.67. The number of aromatic nitrogens is 1. The van der Waals surface area contributed by atoms with Gasteiger partial charge in [-0.2, -0.15) is 0 Å². The Bertz CT molecular complexity index is 690. The Morgan fingerprint density at radius 3 is 2.61 bits per heavy atom. The summed E-state index contributed by atoms with van der Waals surface area (Å²) in [5.41, 5.74) is 0.359. The number of rotatable bonds is 3. The molecule has 5 nitrogen and oxygen atoms in total. The van der Waals surface area contributed by atoms with E-state index in [0.29, 0.717) is 10.6 Å². The van der Waals surface area contributed by atoms with Crippen LogP contribution in [0.1, 0.15) is 10.4 Å². The van der Waals surface area contributed by atoms with Crippen LogP contribution >= 0.6 is 11.3 Å². The monoisotopic (exact) mass is 283 g/mol.